The van der Waals surface area contributed by atoms with Crippen LogP contribution in [-0.2, 0) is 0 Å². The molecule has 7 nitrogen and oxygen atoms in total. The maximum absolute atomic E-state index is 13.3. The molecule has 1 aromatic heterocycles. The summed E-state index contributed by atoms with van der Waals surface area (Å²) in [6, 6.07) is 17.3. The first kappa shape index (κ1) is 23.2. The molecule has 0 spiro atoms. The third-order valence-electron chi connectivity index (χ3n) is 7.02. The highest BCUT2D eigenvalue weighted by Gasteiger charge is 2.28. The molecule has 0 atom stereocenters. The van der Waals surface area contributed by atoms with Gasteiger partial charge in [-0.25, -0.2) is 4.98 Å². The van der Waals surface area contributed by atoms with Crippen LogP contribution in [0.3, 0.4) is 0 Å². The van der Waals surface area contributed by atoms with Gasteiger partial charge in [0.1, 0.15) is 5.69 Å². The lowest BCUT2D eigenvalue weighted by atomic mass is 10.0. The Bertz CT molecular complexity index is 1200. The first-order chi connectivity index (χ1) is 17.1. The summed E-state index contributed by atoms with van der Waals surface area (Å²) in [6.07, 6.45) is 6.32. The lowest BCUT2D eigenvalue weighted by Gasteiger charge is -2.36. The molecule has 7 heteroatoms. The SMILES string of the molecule is Cc1ncc(-c2cccc(C(=O)N3CCC(N4CCCC4)CC3)c2)nc1C(=O)Nc1ccccc1. The number of aromatic nitrogens is 2. The number of anilines is 1. The second-order valence-corrected chi connectivity index (χ2v) is 9.36. The van der Waals surface area contributed by atoms with Crippen LogP contribution in [0.1, 0.15) is 52.2 Å². The van der Waals surface area contributed by atoms with E-state index in [9.17, 15) is 9.59 Å². The van der Waals surface area contributed by atoms with Gasteiger partial charge in [-0.05, 0) is 70.0 Å². The molecule has 0 saturated carbocycles. The monoisotopic (exact) mass is 469 g/mol. The zero-order valence-electron chi connectivity index (χ0n) is 20.1. The van der Waals surface area contributed by atoms with Gasteiger partial charge in [-0.2, -0.15) is 0 Å². The van der Waals surface area contributed by atoms with Crippen LogP contribution in [0, 0.1) is 6.92 Å². The number of piperidine rings is 1. The van der Waals surface area contributed by atoms with Crippen molar-refractivity contribution in [3.63, 3.8) is 0 Å². The Morgan fingerprint density at radius 2 is 1.69 bits per heavy atom. The van der Waals surface area contributed by atoms with E-state index in [2.05, 4.69) is 20.2 Å². The molecule has 0 radical (unpaired) electrons. The second kappa shape index (κ2) is 10.4. The van der Waals surface area contributed by atoms with Gasteiger partial charge < -0.3 is 15.1 Å². The molecule has 2 aliphatic rings. The summed E-state index contributed by atoms with van der Waals surface area (Å²) >= 11 is 0. The number of para-hydroxylation sites is 1. The molecule has 2 saturated heterocycles. The van der Waals surface area contributed by atoms with Crippen molar-refractivity contribution < 1.29 is 9.59 Å². The number of hydrogen-bond donors (Lipinski definition) is 1. The standard InChI is InChI=1S/C28H31N5O2/c1-20-26(27(34)30-23-10-3-2-4-11-23)31-25(19-29-20)21-8-7-9-22(18-21)28(35)33-16-12-24(13-17-33)32-14-5-6-15-32/h2-4,7-11,18-19,24H,5-6,12-17H2,1H3,(H,30,34). The van der Waals surface area contributed by atoms with Crippen molar-refractivity contribution in [2.75, 3.05) is 31.5 Å². The normalized spacial score (nSPS) is 16.9. The van der Waals surface area contributed by atoms with Crippen LogP contribution in [0.2, 0.25) is 0 Å². The van der Waals surface area contributed by atoms with E-state index in [4.69, 9.17) is 0 Å². The molecule has 0 aliphatic carbocycles. The Balaban J connectivity index is 1.30. The number of amides is 2. The molecule has 2 amide bonds. The molecule has 1 N–H and O–H groups in total. The number of aryl methyl sites for hydroxylation is 1. The molecule has 0 unspecified atom stereocenters. The summed E-state index contributed by atoms with van der Waals surface area (Å²) in [5.41, 5.74) is 3.49. The van der Waals surface area contributed by atoms with Gasteiger partial charge in [0.05, 0.1) is 17.6 Å². The predicted molar refractivity (Wildman–Crippen MR) is 136 cm³/mol. The fourth-order valence-corrected chi connectivity index (χ4v) is 5.05. The van der Waals surface area contributed by atoms with Crippen molar-refractivity contribution in [3.05, 3.63) is 77.7 Å². The molecule has 3 aromatic rings. The highest BCUT2D eigenvalue weighted by atomic mass is 16.2. The molecular weight excluding hydrogens is 438 g/mol. The maximum atomic E-state index is 13.3. The maximum Gasteiger partial charge on any atom is 0.276 e. The Kier molecular flexibility index (Phi) is 6.86. The number of likely N-dealkylation sites (tertiary alicyclic amines) is 2. The van der Waals surface area contributed by atoms with Crippen LogP contribution >= 0.6 is 0 Å². The van der Waals surface area contributed by atoms with Gasteiger partial charge in [-0.15, -0.1) is 0 Å². The third kappa shape index (κ3) is 5.25. The molecule has 2 aromatic carbocycles. The first-order valence-electron chi connectivity index (χ1n) is 12.4. The zero-order chi connectivity index (χ0) is 24.2. The van der Waals surface area contributed by atoms with E-state index < -0.39 is 0 Å². The Hall–Kier alpha value is -3.58. The van der Waals surface area contributed by atoms with E-state index in [0.29, 0.717) is 28.7 Å². The summed E-state index contributed by atoms with van der Waals surface area (Å²) in [4.78, 5) is 39.7. The minimum Gasteiger partial charge on any atom is -0.339 e. The molecular formula is C28H31N5O2. The number of benzene rings is 2. The third-order valence-corrected chi connectivity index (χ3v) is 7.02. The fourth-order valence-electron chi connectivity index (χ4n) is 5.05. The average Bonchev–Trinajstić information content (AvgIpc) is 3.44. The Morgan fingerprint density at radius 3 is 2.43 bits per heavy atom. The number of hydrogen-bond acceptors (Lipinski definition) is 5. The zero-order valence-corrected chi connectivity index (χ0v) is 20.1. The second-order valence-electron chi connectivity index (χ2n) is 9.36. The van der Waals surface area contributed by atoms with E-state index in [1.165, 1.54) is 25.9 Å². The number of nitrogens with zero attached hydrogens (tertiary/aromatic N) is 4. The van der Waals surface area contributed by atoms with Gasteiger partial charge in [0.15, 0.2) is 0 Å². The predicted octanol–water partition coefficient (Wildman–Crippen LogP) is 4.40. The van der Waals surface area contributed by atoms with E-state index in [-0.39, 0.29) is 17.5 Å². The highest BCUT2D eigenvalue weighted by molar-refractivity contribution is 6.03. The topological polar surface area (TPSA) is 78.4 Å². The number of carbonyl (C=O) groups excluding carboxylic acids is 2. The van der Waals surface area contributed by atoms with Gasteiger partial charge >= 0.3 is 0 Å². The Labute approximate surface area is 206 Å². The molecule has 2 aliphatic heterocycles. The van der Waals surface area contributed by atoms with Crippen LogP contribution in [-0.4, -0.2) is 63.8 Å². The average molecular weight is 470 g/mol. The quantitative estimate of drug-likeness (QED) is 0.599. The van der Waals surface area contributed by atoms with Crippen LogP contribution in [0.15, 0.2) is 60.8 Å². The van der Waals surface area contributed by atoms with Gasteiger partial charge in [-0.3, -0.25) is 14.6 Å². The molecule has 2 fully saturated rings. The molecule has 35 heavy (non-hydrogen) atoms. The van der Waals surface area contributed by atoms with Crippen LogP contribution in [0.5, 0.6) is 0 Å². The van der Waals surface area contributed by atoms with Crippen LogP contribution in [0.4, 0.5) is 5.69 Å². The van der Waals surface area contributed by atoms with Crippen LogP contribution in [0.25, 0.3) is 11.3 Å². The lowest BCUT2D eigenvalue weighted by molar-refractivity contribution is 0.0644. The van der Waals surface area contributed by atoms with E-state index in [0.717, 1.165) is 31.5 Å². The summed E-state index contributed by atoms with van der Waals surface area (Å²) in [5, 5.41) is 2.87. The van der Waals surface area contributed by atoms with Gasteiger partial charge in [0, 0.05) is 35.9 Å². The minimum absolute atomic E-state index is 0.0498. The molecule has 3 heterocycles. The summed E-state index contributed by atoms with van der Waals surface area (Å²) in [7, 11) is 0. The van der Waals surface area contributed by atoms with Crippen molar-refractivity contribution in [1.82, 2.24) is 19.8 Å². The van der Waals surface area contributed by atoms with E-state index in [1.807, 2.05) is 59.5 Å². The van der Waals surface area contributed by atoms with Crippen molar-refractivity contribution in [1.29, 1.82) is 0 Å². The summed E-state index contributed by atoms with van der Waals surface area (Å²) < 4.78 is 0. The fraction of sp³-hybridized carbons (Fsp3) is 0.357. The van der Waals surface area contributed by atoms with Gasteiger partial charge in [0.2, 0.25) is 0 Å². The molecule has 5 rings (SSSR count). The van der Waals surface area contributed by atoms with E-state index in [1.54, 1.807) is 13.1 Å². The highest BCUT2D eigenvalue weighted by Crippen LogP contribution is 2.24. The lowest BCUT2D eigenvalue weighted by Crippen LogP contribution is -2.45. The Morgan fingerprint density at radius 1 is 0.943 bits per heavy atom. The smallest absolute Gasteiger partial charge is 0.276 e. The summed E-state index contributed by atoms with van der Waals surface area (Å²) in [6.45, 7) is 5.74. The number of rotatable bonds is 5. The van der Waals surface area contributed by atoms with Crippen molar-refractivity contribution in [2.45, 2.75) is 38.6 Å². The number of carbonyl (C=O) groups is 2. The summed E-state index contributed by atoms with van der Waals surface area (Å²) in [5.74, 6) is -0.259. The largest absolute Gasteiger partial charge is 0.339 e. The van der Waals surface area contributed by atoms with Crippen molar-refractivity contribution >= 4 is 17.5 Å². The van der Waals surface area contributed by atoms with Crippen LogP contribution < -0.4 is 5.32 Å². The number of nitrogens with one attached hydrogen (secondary N) is 1. The first-order valence-corrected chi connectivity index (χ1v) is 12.4. The van der Waals surface area contributed by atoms with Gasteiger partial charge in [0.25, 0.3) is 11.8 Å². The molecule has 180 valence electrons. The van der Waals surface area contributed by atoms with Gasteiger partial charge in [-0.1, -0.05) is 30.3 Å². The molecule has 0 bridgehead atoms. The van der Waals surface area contributed by atoms with Crippen molar-refractivity contribution in [2.24, 2.45) is 0 Å². The van der Waals surface area contributed by atoms with E-state index >= 15 is 0 Å². The minimum atomic E-state index is -0.309. The van der Waals surface area contributed by atoms with Crippen molar-refractivity contribution in [3.8, 4) is 11.3 Å².